The molecule has 1 atom stereocenters. The van der Waals surface area contributed by atoms with E-state index in [1.807, 2.05) is 0 Å². The van der Waals surface area contributed by atoms with Crippen molar-refractivity contribution >= 4 is 17.3 Å². The Hall–Kier alpha value is -3.61. The average Bonchev–Trinajstić information content (AvgIpc) is 3.07. The lowest BCUT2D eigenvalue weighted by Gasteiger charge is -2.45. The molecule has 3 aliphatic rings. The molecule has 6 heteroatoms. The lowest BCUT2D eigenvalue weighted by atomic mass is 9.84. The van der Waals surface area contributed by atoms with E-state index in [1.54, 1.807) is 0 Å². The zero-order chi connectivity index (χ0) is 30.3. The number of anilines is 1. The van der Waals surface area contributed by atoms with E-state index >= 15 is 0 Å². The van der Waals surface area contributed by atoms with Crippen LogP contribution in [0.15, 0.2) is 96.1 Å². The smallest absolute Gasteiger partial charge is 0.207 e. The Morgan fingerprint density at radius 3 is 2.30 bits per heavy atom. The van der Waals surface area contributed by atoms with Gasteiger partial charge in [0.05, 0.1) is 11.7 Å². The fraction of sp³-hybridized carbons (Fsp3) is 0.447. The third-order valence-corrected chi connectivity index (χ3v) is 9.63. The maximum atomic E-state index is 5.38. The quantitative estimate of drug-likeness (QED) is 0.271. The molecule has 3 aromatic rings. The predicted octanol–water partition coefficient (Wildman–Crippen LogP) is 7.16. The van der Waals surface area contributed by atoms with E-state index in [4.69, 9.17) is 4.99 Å². The number of likely N-dealkylation sites (N-methyl/N-ethyl adjacent to an activating group) is 1. The van der Waals surface area contributed by atoms with Crippen LogP contribution >= 0.6 is 0 Å². The summed E-state index contributed by atoms with van der Waals surface area (Å²) in [5.41, 5.74) is 7.36. The summed E-state index contributed by atoms with van der Waals surface area (Å²) in [4.78, 5) is 15.3. The van der Waals surface area contributed by atoms with Crippen molar-refractivity contribution in [3.05, 3.63) is 108 Å². The Labute approximate surface area is 265 Å². The van der Waals surface area contributed by atoms with Crippen LogP contribution in [0.25, 0.3) is 0 Å². The van der Waals surface area contributed by atoms with E-state index in [1.165, 1.54) is 54.5 Å². The van der Waals surface area contributed by atoms with Crippen molar-refractivity contribution < 1.29 is 0 Å². The van der Waals surface area contributed by atoms with Crippen molar-refractivity contribution in [3.63, 3.8) is 0 Å². The van der Waals surface area contributed by atoms with Gasteiger partial charge < -0.3 is 20.0 Å². The van der Waals surface area contributed by atoms with Gasteiger partial charge in [-0.3, -0.25) is 4.90 Å². The second-order valence-corrected chi connectivity index (χ2v) is 13.1. The van der Waals surface area contributed by atoms with E-state index in [0.717, 1.165) is 69.6 Å². The minimum absolute atomic E-state index is 0.0989. The van der Waals surface area contributed by atoms with Crippen LogP contribution in [0, 0.1) is 0 Å². The van der Waals surface area contributed by atoms with Gasteiger partial charge >= 0.3 is 0 Å². The molecule has 2 heterocycles. The second kappa shape index (κ2) is 14.4. The number of guanidine groups is 1. The maximum Gasteiger partial charge on any atom is 0.207 e. The summed E-state index contributed by atoms with van der Waals surface area (Å²) in [6.07, 6.45) is 7.52. The normalized spacial score (nSPS) is 19.5. The fourth-order valence-electron chi connectivity index (χ4n) is 7.02. The van der Waals surface area contributed by atoms with Crippen LogP contribution in [0.4, 0.5) is 11.4 Å². The topological polar surface area (TPSA) is 37.4 Å². The number of aliphatic imine (C=N–C) groups is 1. The second-order valence-electron chi connectivity index (χ2n) is 13.1. The van der Waals surface area contributed by atoms with Crippen molar-refractivity contribution in [2.45, 2.75) is 57.0 Å². The number of piperazine rings is 1. The van der Waals surface area contributed by atoms with Gasteiger partial charge in [-0.05, 0) is 62.2 Å². The first-order valence-electron chi connectivity index (χ1n) is 16.7. The molecule has 0 bridgehead atoms. The number of fused-ring (bicyclic) bond motifs is 1. The van der Waals surface area contributed by atoms with Gasteiger partial charge in [-0.1, -0.05) is 86.5 Å². The molecule has 1 saturated carbocycles. The molecule has 232 valence electrons. The van der Waals surface area contributed by atoms with Crippen LogP contribution in [0.5, 0.6) is 0 Å². The highest BCUT2D eigenvalue weighted by atomic mass is 15.4. The Kier molecular flexibility index (Phi) is 9.99. The number of benzene rings is 3. The summed E-state index contributed by atoms with van der Waals surface area (Å²) in [6.45, 7) is 11.6. The number of rotatable bonds is 10. The molecule has 1 aliphatic carbocycles. The molecular weight excluding hydrogens is 540 g/mol. The maximum absolute atomic E-state index is 5.38. The number of hydrogen-bond acceptors (Lipinski definition) is 6. The van der Waals surface area contributed by atoms with E-state index in [2.05, 4.69) is 124 Å². The molecule has 0 amide bonds. The molecule has 6 rings (SSSR count). The molecule has 0 aromatic heterocycles. The predicted molar refractivity (Wildman–Crippen MR) is 185 cm³/mol. The molecule has 3 aromatic carbocycles. The molecular formula is C38H50N6. The molecule has 2 aliphatic heterocycles. The van der Waals surface area contributed by atoms with Crippen LogP contribution < -0.4 is 10.2 Å². The number of nitrogens with zero attached hydrogens (tertiary/aromatic N) is 5. The van der Waals surface area contributed by atoms with Gasteiger partial charge in [0.1, 0.15) is 0 Å². The summed E-state index contributed by atoms with van der Waals surface area (Å²) in [5, 5.41) is 3.64. The zero-order valence-electron chi connectivity index (χ0n) is 26.8. The van der Waals surface area contributed by atoms with Gasteiger partial charge in [0, 0.05) is 69.2 Å². The lowest BCUT2D eigenvalue weighted by molar-refractivity contribution is 0.167. The molecule has 0 radical (unpaired) electrons. The Bertz CT molecular complexity index is 1380. The monoisotopic (exact) mass is 590 g/mol. The van der Waals surface area contributed by atoms with Gasteiger partial charge in [0.25, 0.3) is 0 Å². The first-order chi connectivity index (χ1) is 21.5. The van der Waals surface area contributed by atoms with Crippen molar-refractivity contribution in [3.8, 4) is 0 Å². The number of nitrogens with one attached hydrogen (secondary N) is 1. The van der Waals surface area contributed by atoms with Gasteiger partial charge in [0.15, 0.2) is 0 Å². The summed E-state index contributed by atoms with van der Waals surface area (Å²) in [5.74, 6) is 1.77. The average molecular weight is 591 g/mol. The molecule has 1 N–H and O–H groups in total. The molecule has 44 heavy (non-hydrogen) atoms. The van der Waals surface area contributed by atoms with E-state index in [-0.39, 0.29) is 6.04 Å². The van der Waals surface area contributed by atoms with Gasteiger partial charge in [0.2, 0.25) is 5.96 Å². The third-order valence-electron chi connectivity index (χ3n) is 9.63. The van der Waals surface area contributed by atoms with Gasteiger partial charge in [-0.2, -0.15) is 0 Å². The standard InChI is InChI=1S/C38H50N6/c1-30(39-29-31-12-6-4-7-13-31)28-37-35-16-10-11-17-36(35)40-38(43-26-24-42(25-27-43)23-22-41(2)3)44(37)34-20-18-33(19-21-34)32-14-8-5-9-15-32/h4,6-7,10-13,16-21,32,37,39H,1,5,8-9,14-15,22-29H2,2-3H3. The molecule has 0 spiro atoms. The molecule has 1 unspecified atom stereocenters. The van der Waals surface area contributed by atoms with E-state index in [0.29, 0.717) is 5.92 Å². The van der Waals surface area contributed by atoms with Crippen LogP contribution in [0.2, 0.25) is 0 Å². The molecule has 1 saturated heterocycles. The Morgan fingerprint density at radius 2 is 1.57 bits per heavy atom. The highest BCUT2D eigenvalue weighted by molar-refractivity contribution is 6.00. The van der Waals surface area contributed by atoms with Crippen LogP contribution in [-0.4, -0.2) is 74.0 Å². The van der Waals surface area contributed by atoms with Crippen LogP contribution in [0.3, 0.4) is 0 Å². The molecule has 2 fully saturated rings. The largest absolute Gasteiger partial charge is 0.385 e. The summed E-state index contributed by atoms with van der Waals surface area (Å²) >= 11 is 0. The van der Waals surface area contributed by atoms with E-state index < -0.39 is 0 Å². The summed E-state index contributed by atoms with van der Waals surface area (Å²) in [6, 6.07) is 28.9. The van der Waals surface area contributed by atoms with Crippen LogP contribution in [-0.2, 0) is 6.54 Å². The number of para-hydroxylation sites is 1. The summed E-state index contributed by atoms with van der Waals surface area (Å²) in [7, 11) is 4.31. The fourth-order valence-corrected chi connectivity index (χ4v) is 7.02. The first-order valence-corrected chi connectivity index (χ1v) is 16.7. The highest BCUT2D eigenvalue weighted by Gasteiger charge is 2.35. The highest BCUT2D eigenvalue weighted by Crippen LogP contribution is 2.42. The van der Waals surface area contributed by atoms with Crippen molar-refractivity contribution in [1.82, 2.24) is 20.0 Å². The molecule has 6 nitrogen and oxygen atoms in total. The zero-order valence-corrected chi connectivity index (χ0v) is 26.8. The van der Waals surface area contributed by atoms with Crippen LogP contribution in [0.1, 0.15) is 67.2 Å². The first kappa shape index (κ1) is 30.4. The van der Waals surface area contributed by atoms with Gasteiger partial charge in [-0.15, -0.1) is 0 Å². The Morgan fingerprint density at radius 1 is 0.864 bits per heavy atom. The van der Waals surface area contributed by atoms with Gasteiger partial charge in [-0.25, -0.2) is 4.99 Å². The minimum atomic E-state index is 0.0989. The number of hydrogen-bond donors (Lipinski definition) is 1. The lowest BCUT2D eigenvalue weighted by Crippen LogP contribution is -2.55. The van der Waals surface area contributed by atoms with E-state index in [9.17, 15) is 0 Å². The van der Waals surface area contributed by atoms with Crippen molar-refractivity contribution in [2.75, 3.05) is 58.3 Å². The third kappa shape index (κ3) is 7.36. The minimum Gasteiger partial charge on any atom is -0.385 e. The van der Waals surface area contributed by atoms with Crippen molar-refractivity contribution in [2.24, 2.45) is 4.99 Å². The SMILES string of the molecule is C=C(CC1c2ccccc2N=C(N2CCN(CCN(C)C)CC2)N1c1ccc(C2CCCCC2)cc1)NCc1ccccc1. The summed E-state index contributed by atoms with van der Waals surface area (Å²) < 4.78 is 0. The Balaban J connectivity index is 1.29. The van der Waals surface area contributed by atoms with Crippen molar-refractivity contribution in [1.29, 1.82) is 0 Å².